The normalized spacial score (nSPS) is 10.7. The summed E-state index contributed by atoms with van der Waals surface area (Å²) in [5.41, 5.74) is 24.4. The van der Waals surface area contributed by atoms with E-state index in [1.54, 1.807) is 194 Å². The molecule has 24 nitrogen and oxygen atoms in total. The number of hydrogen-bond acceptors (Lipinski definition) is 12. The number of aryl methyl sites for hydroxylation is 5. The molecule has 0 bridgehead atoms. The van der Waals surface area contributed by atoms with Crippen LogP contribution < -0.4 is 0 Å². The molecule has 132 heavy (non-hydrogen) atoms. The van der Waals surface area contributed by atoms with Gasteiger partial charge in [-0.3, -0.25) is 0 Å². The number of hydrogen-bond donors (Lipinski definition) is 6. The number of nitrogens with zero attached hydrogens (tertiary/aromatic N) is 12. The van der Waals surface area contributed by atoms with E-state index in [0.29, 0.717) is 26.0 Å². The number of rotatable bonds is 19. The van der Waals surface area contributed by atoms with Crippen LogP contribution in [-0.4, -0.2) is 125 Å². The van der Waals surface area contributed by atoms with Crippen LogP contribution in [0.5, 0.6) is 0 Å². The van der Waals surface area contributed by atoms with Crippen molar-refractivity contribution in [2.24, 2.45) is 0 Å². The predicted octanol–water partition coefficient (Wildman–Crippen LogP) is 24.7. The molecule has 6 N–H and O–H groups in total. The minimum Gasteiger partial charge on any atom is -0.478 e. The summed E-state index contributed by atoms with van der Waals surface area (Å²) in [6.07, 6.45) is 21.8. The molecule has 0 fully saturated rings. The third-order valence-corrected chi connectivity index (χ3v) is 22.7. The highest BCUT2D eigenvalue weighted by Gasteiger charge is 2.16. The van der Waals surface area contributed by atoms with E-state index >= 15 is 0 Å². The van der Waals surface area contributed by atoms with Crippen molar-refractivity contribution in [3.05, 3.63) is 428 Å². The van der Waals surface area contributed by atoms with Gasteiger partial charge in [-0.05, 0) is 247 Å². The Bertz CT molecular complexity index is 6900. The van der Waals surface area contributed by atoms with Gasteiger partial charge in [0.15, 0.2) is 0 Å². The molecule has 0 saturated heterocycles. The average molecular weight is 1840 g/mol. The van der Waals surface area contributed by atoms with Gasteiger partial charge in [0.25, 0.3) is 0 Å². The number of aromatic nitrogens is 12. The molecule has 28 heteroatoms. The van der Waals surface area contributed by atoms with Crippen molar-refractivity contribution in [3.8, 4) is 101 Å². The van der Waals surface area contributed by atoms with E-state index in [1.165, 1.54) is 11.1 Å². The van der Waals surface area contributed by atoms with Crippen molar-refractivity contribution in [1.29, 1.82) is 0 Å². The Balaban J connectivity index is 0.000000135. The first kappa shape index (κ1) is 93.5. The number of carboxylic acids is 6. The Hall–Kier alpha value is -16.1. The first-order valence-corrected chi connectivity index (χ1v) is 42.4. The topological polar surface area (TPSA) is 331 Å². The maximum absolute atomic E-state index is 11.0. The second kappa shape index (κ2) is 42.7. The van der Waals surface area contributed by atoms with Crippen LogP contribution in [0.2, 0.25) is 20.1 Å². The summed E-state index contributed by atoms with van der Waals surface area (Å²) in [4.78, 5) is 65.6. The van der Waals surface area contributed by atoms with E-state index in [0.717, 1.165) is 123 Å². The molecule has 18 rings (SSSR count). The molecule has 0 amide bonds. The van der Waals surface area contributed by atoms with Crippen molar-refractivity contribution in [3.63, 3.8) is 0 Å². The Kier molecular flexibility index (Phi) is 30.2. The van der Waals surface area contributed by atoms with Gasteiger partial charge in [0.05, 0.1) is 105 Å². The summed E-state index contributed by atoms with van der Waals surface area (Å²) >= 11 is 24.5. The molecule has 0 aliphatic heterocycles. The van der Waals surface area contributed by atoms with Gasteiger partial charge in [0.1, 0.15) is 0 Å². The fraction of sp³-hybridized carbons (Fsp3) is 0.0769. The third-order valence-electron chi connectivity index (χ3n) is 21.0. The molecular formula is C104H84Cl4N12O12. The lowest BCUT2D eigenvalue weighted by atomic mass is 10.0. The van der Waals surface area contributed by atoms with Gasteiger partial charge in [0.2, 0.25) is 0 Å². The Morgan fingerprint density at radius 3 is 0.667 bits per heavy atom. The standard InChI is InChI=1S/C19H18N2O2.4C17H13ClN2O2.C17H14N2O2/c1-13(2)14-7-9-18(10-8-14)21-12-17(11-20-21)15-3-5-16(6-4-15)19(22)23;2*1-11-2-7-15(8-16(11)18)20-10-14(9-19-20)12-3-5-13(6-4-12)17(21)22;2*1-11-5-6-15(8-16(11)18)20-10-14(9-19-20)12-3-2-4-13(7-12)17(21)22;1-12-2-8-16(9-3-12)19-11-15(10-18-19)13-4-6-14(7-5-13)17(20)21/h3-13H,1-2H3,(H,22,23);4*2-10H,1H3,(H,21,22);2-11H,1H3,(H,20,21). The van der Waals surface area contributed by atoms with Crippen LogP contribution in [0.3, 0.4) is 0 Å². The number of carboxylic acid groups (broad SMARTS) is 6. The van der Waals surface area contributed by atoms with Crippen LogP contribution in [0.4, 0.5) is 0 Å². The highest BCUT2D eigenvalue weighted by molar-refractivity contribution is 6.32. The highest BCUT2D eigenvalue weighted by atomic mass is 35.5. The highest BCUT2D eigenvalue weighted by Crippen LogP contribution is 2.32. The summed E-state index contributed by atoms with van der Waals surface area (Å²) in [7, 11) is 0. The molecule has 0 radical (unpaired) electrons. The van der Waals surface area contributed by atoms with E-state index in [4.69, 9.17) is 77.0 Å². The van der Waals surface area contributed by atoms with Gasteiger partial charge in [-0.15, -0.1) is 0 Å². The average Bonchev–Trinajstić information content (AvgIpc) is 1.71. The van der Waals surface area contributed by atoms with Gasteiger partial charge >= 0.3 is 35.8 Å². The summed E-state index contributed by atoms with van der Waals surface area (Å²) in [6, 6.07) is 79.9. The van der Waals surface area contributed by atoms with Crippen molar-refractivity contribution >= 4 is 82.2 Å². The zero-order valence-corrected chi connectivity index (χ0v) is 74.9. The molecular weight excluding hydrogens is 1750 g/mol. The zero-order chi connectivity index (χ0) is 94.0. The lowest BCUT2D eigenvalue weighted by Gasteiger charge is -2.06. The number of aromatic carboxylic acids is 6. The summed E-state index contributed by atoms with van der Waals surface area (Å²) in [5.74, 6) is -5.09. The summed E-state index contributed by atoms with van der Waals surface area (Å²) in [5, 5.41) is 82.6. The van der Waals surface area contributed by atoms with Gasteiger partial charge in [-0.25, -0.2) is 56.9 Å². The molecule has 0 aliphatic rings. The SMILES string of the molecule is CC(C)c1ccc(-n2cc(-c3ccc(C(=O)O)cc3)cn2)cc1.Cc1ccc(-n2cc(-c3ccc(C(=O)O)cc3)cn2)cc1.Cc1ccc(-n2cc(-c3ccc(C(=O)O)cc3)cn2)cc1Cl.Cc1ccc(-n2cc(-c3ccc(C(=O)O)cc3)cn2)cc1Cl.Cc1ccc(-n2cc(-c3cccc(C(=O)O)c3)cn2)cc1Cl.Cc1ccc(-n2cc(-c3cccc(C(=O)O)c3)cn2)cc1Cl. The van der Waals surface area contributed by atoms with Crippen LogP contribution in [-0.2, 0) is 0 Å². The lowest BCUT2D eigenvalue weighted by Crippen LogP contribution is -1.95. The second-order valence-electron chi connectivity index (χ2n) is 30.7. The molecule has 6 aromatic heterocycles. The fourth-order valence-corrected chi connectivity index (χ4v) is 13.9. The van der Waals surface area contributed by atoms with Crippen molar-refractivity contribution < 1.29 is 59.4 Å². The maximum atomic E-state index is 11.0. The largest absolute Gasteiger partial charge is 0.478 e. The van der Waals surface area contributed by atoms with Crippen molar-refractivity contribution in [2.45, 2.75) is 54.4 Å². The van der Waals surface area contributed by atoms with E-state index in [1.807, 2.05) is 186 Å². The van der Waals surface area contributed by atoms with E-state index in [-0.39, 0.29) is 33.4 Å². The Morgan fingerprint density at radius 2 is 0.447 bits per heavy atom. The zero-order valence-electron chi connectivity index (χ0n) is 71.9. The molecule has 0 aliphatic carbocycles. The van der Waals surface area contributed by atoms with Crippen LogP contribution in [0.25, 0.3) is 101 Å². The monoisotopic (exact) mass is 1830 g/mol. The van der Waals surface area contributed by atoms with Gasteiger partial charge in [0, 0.05) is 90.7 Å². The van der Waals surface area contributed by atoms with E-state index in [9.17, 15) is 28.8 Å². The summed E-state index contributed by atoms with van der Waals surface area (Å²) in [6.45, 7) is 14.2. The van der Waals surface area contributed by atoms with Crippen LogP contribution in [0.1, 0.15) is 115 Å². The van der Waals surface area contributed by atoms with Crippen LogP contribution >= 0.6 is 46.4 Å². The van der Waals surface area contributed by atoms with Gasteiger partial charge in [-0.1, -0.05) is 187 Å². The smallest absolute Gasteiger partial charge is 0.335 e. The Labute approximate surface area is 778 Å². The molecule has 0 saturated carbocycles. The molecule has 6 heterocycles. The predicted molar refractivity (Wildman–Crippen MR) is 514 cm³/mol. The summed E-state index contributed by atoms with van der Waals surface area (Å²) < 4.78 is 10.5. The maximum Gasteiger partial charge on any atom is 0.335 e. The van der Waals surface area contributed by atoms with Crippen molar-refractivity contribution in [2.75, 3.05) is 0 Å². The minimum atomic E-state index is -0.945. The second-order valence-corrected chi connectivity index (χ2v) is 32.3. The molecule has 18 aromatic rings. The van der Waals surface area contributed by atoms with Gasteiger partial charge < -0.3 is 30.6 Å². The first-order valence-electron chi connectivity index (χ1n) is 40.9. The quantitative estimate of drug-likeness (QED) is 0.0438. The number of carbonyl (C=O) groups is 6. The number of halogens is 4. The Morgan fingerprint density at radius 1 is 0.235 bits per heavy atom. The van der Waals surface area contributed by atoms with Crippen LogP contribution in [0, 0.1) is 34.6 Å². The molecule has 12 aromatic carbocycles. The molecule has 0 spiro atoms. The minimum absolute atomic E-state index is 0.253. The van der Waals surface area contributed by atoms with E-state index < -0.39 is 35.8 Å². The third kappa shape index (κ3) is 24.0. The van der Waals surface area contributed by atoms with Gasteiger partial charge in [-0.2, -0.15) is 30.6 Å². The molecule has 0 atom stereocenters. The molecule has 0 unspecified atom stereocenters. The van der Waals surface area contributed by atoms with Crippen molar-refractivity contribution in [1.82, 2.24) is 58.7 Å². The fourth-order valence-electron chi connectivity index (χ4n) is 13.2. The van der Waals surface area contributed by atoms with Crippen LogP contribution in [0.15, 0.2) is 341 Å². The molecule has 660 valence electrons. The number of benzene rings is 12. The lowest BCUT2D eigenvalue weighted by molar-refractivity contribution is 0.0686. The van der Waals surface area contributed by atoms with E-state index in [2.05, 4.69) is 68.7 Å². The first-order chi connectivity index (χ1) is 63.3.